The van der Waals surface area contributed by atoms with E-state index in [1.807, 2.05) is 6.92 Å². The van der Waals surface area contributed by atoms with Crippen molar-refractivity contribution in [2.24, 2.45) is 0 Å². The van der Waals surface area contributed by atoms with Gasteiger partial charge in [-0.3, -0.25) is 4.90 Å². The molecule has 1 aromatic rings. The molecule has 2 amide bonds. The minimum Gasteiger partial charge on any atom is -0.317 e. The van der Waals surface area contributed by atoms with Gasteiger partial charge in [0.2, 0.25) is 0 Å². The number of nitrogens with zero attached hydrogens (tertiary/aromatic N) is 2. The second-order valence-corrected chi connectivity index (χ2v) is 6.31. The van der Waals surface area contributed by atoms with E-state index in [1.54, 1.807) is 4.90 Å². The second kappa shape index (κ2) is 5.87. The highest BCUT2D eigenvalue weighted by Crippen LogP contribution is 2.40. The molecule has 1 aromatic carbocycles. The number of benzene rings is 1. The zero-order valence-corrected chi connectivity index (χ0v) is 13.3. The van der Waals surface area contributed by atoms with E-state index < -0.39 is 11.7 Å². The first-order valence-electron chi connectivity index (χ1n) is 7.49. The molecule has 2 heterocycles. The number of halogens is 4. The second-order valence-electron chi connectivity index (χ2n) is 5.87. The van der Waals surface area contributed by atoms with Gasteiger partial charge in [-0.2, -0.15) is 13.2 Å². The molecule has 126 valence electrons. The third-order valence-electron chi connectivity index (χ3n) is 4.42. The molecule has 2 saturated heterocycles. The molecular formula is C15H17ClF3N3O. The van der Waals surface area contributed by atoms with E-state index in [1.165, 1.54) is 17.0 Å². The molecule has 3 rings (SSSR count). The smallest absolute Gasteiger partial charge is 0.317 e. The molecule has 0 bridgehead atoms. The first kappa shape index (κ1) is 16.4. The summed E-state index contributed by atoms with van der Waals surface area (Å²) in [5.74, 6) is 0. The van der Waals surface area contributed by atoms with Gasteiger partial charge in [0.1, 0.15) is 0 Å². The Morgan fingerprint density at radius 1 is 1.35 bits per heavy atom. The highest BCUT2D eigenvalue weighted by atomic mass is 35.5. The standard InChI is InChI=1S/C15H17ClF3N3O/c1-2-10-7-21-11(6-20-10)8-22(14(21)23)13-4-3-9(16)5-12(13)15(17,18)19/h3-5,10-11,20H,2,6-8H2,1H3/t10-,11+/m1/s1. The van der Waals surface area contributed by atoms with E-state index in [9.17, 15) is 18.0 Å². The van der Waals surface area contributed by atoms with Crippen LogP contribution in [0.1, 0.15) is 18.9 Å². The molecule has 0 spiro atoms. The lowest BCUT2D eigenvalue weighted by atomic mass is 10.1. The van der Waals surface area contributed by atoms with E-state index in [2.05, 4.69) is 5.32 Å². The van der Waals surface area contributed by atoms with Crippen LogP contribution < -0.4 is 10.2 Å². The molecule has 2 aliphatic rings. The van der Waals surface area contributed by atoms with Gasteiger partial charge < -0.3 is 10.2 Å². The van der Waals surface area contributed by atoms with Crippen LogP contribution >= 0.6 is 11.6 Å². The molecule has 0 unspecified atom stereocenters. The van der Waals surface area contributed by atoms with Crippen LogP contribution in [0.15, 0.2) is 18.2 Å². The predicted octanol–water partition coefficient (Wildman–Crippen LogP) is 3.35. The van der Waals surface area contributed by atoms with Crippen molar-refractivity contribution in [2.45, 2.75) is 31.6 Å². The fourth-order valence-corrected chi connectivity index (χ4v) is 3.32. The van der Waals surface area contributed by atoms with Gasteiger partial charge in [-0.1, -0.05) is 18.5 Å². The monoisotopic (exact) mass is 347 g/mol. The predicted molar refractivity (Wildman–Crippen MR) is 81.8 cm³/mol. The van der Waals surface area contributed by atoms with Gasteiger partial charge in [-0.05, 0) is 24.6 Å². The number of carbonyl (C=O) groups excluding carboxylic acids is 1. The molecule has 2 fully saturated rings. The summed E-state index contributed by atoms with van der Waals surface area (Å²) >= 11 is 5.70. The number of hydrogen-bond acceptors (Lipinski definition) is 2. The fraction of sp³-hybridized carbons (Fsp3) is 0.533. The molecule has 0 radical (unpaired) electrons. The van der Waals surface area contributed by atoms with Crippen molar-refractivity contribution in [3.05, 3.63) is 28.8 Å². The summed E-state index contributed by atoms with van der Waals surface area (Å²) in [7, 11) is 0. The molecule has 0 aliphatic carbocycles. The van der Waals surface area contributed by atoms with Crippen molar-refractivity contribution in [1.82, 2.24) is 10.2 Å². The Morgan fingerprint density at radius 3 is 2.74 bits per heavy atom. The minimum absolute atomic E-state index is 0.00171. The number of hydrogen-bond donors (Lipinski definition) is 1. The number of alkyl halides is 3. The number of anilines is 1. The zero-order valence-electron chi connectivity index (χ0n) is 12.5. The lowest BCUT2D eigenvalue weighted by Crippen LogP contribution is -2.55. The van der Waals surface area contributed by atoms with Crippen LogP contribution in [0.2, 0.25) is 5.02 Å². The van der Waals surface area contributed by atoms with Gasteiger partial charge in [0.05, 0.1) is 17.3 Å². The molecule has 4 nitrogen and oxygen atoms in total. The Bertz CT molecular complexity index is 622. The molecule has 0 saturated carbocycles. The van der Waals surface area contributed by atoms with Gasteiger partial charge in [-0.25, -0.2) is 4.79 Å². The van der Waals surface area contributed by atoms with Crippen LogP contribution in [0.25, 0.3) is 0 Å². The van der Waals surface area contributed by atoms with E-state index >= 15 is 0 Å². The molecular weight excluding hydrogens is 331 g/mol. The van der Waals surface area contributed by atoms with E-state index in [0.717, 1.165) is 12.5 Å². The van der Waals surface area contributed by atoms with Gasteiger partial charge >= 0.3 is 12.2 Å². The highest BCUT2D eigenvalue weighted by Gasteiger charge is 2.44. The maximum absolute atomic E-state index is 13.3. The largest absolute Gasteiger partial charge is 0.418 e. The number of carbonyl (C=O) groups is 1. The van der Waals surface area contributed by atoms with Crippen molar-refractivity contribution in [1.29, 1.82) is 0 Å². The average molecular weight is 348 g/mol. The molecule has 1 N–H and O–H groups in total. The topological polar surface area (TPSA) is 35.6 Å². The van der Waals surface area contributed by atoms with E-state index in [-0.39, 0.29) is 35.4 Å². The summed E-state index contributed by atoms with van der Waals surface area (Å²) in [5, 5.41) is 3.32. The zero-order chi connectivity index (χ0) is 16.8. The van der Waals surface area contributed by atoms with Gasteiger partial charge in [0, 0.05) is 30.7 Å². The van der Waals surface area contributed by atoms with Gasteiger partial charge in [0.15, 0.2) is 0 Å². The normalized spacial score (nSPS) is 25.0. The van der Waals surface area contributed by atoms with Crippen LogP contribution in [0, 0.1) is 0 Å². The first-order valence-corrected chi connectivity index (χ1v) is 7.87. The van der Waals surface area contributed by atoms with Crippen molar-refractivity contribution in [3.8, 4) is 0 Å². The Balaban J connectivity index is 1.93. The van der Waals surface area contributed by atoms with Crippen molar-refractivity contribution >= 4 is 23.3 Å². The van der Waals surface area contributed by atoms with Crippen LogP contribution in [0.5, 0.6) is 0 Å². The van der Waals surface area contributed by atoms with Gasteiger partial charge in [-0.15, -0.1) is 0 Å². The summed E-state index contributed by atoms with van der Waals surface area (Å²) in [4.78, 5) is 15.5. The molecule has 8 heteroatoms. The maximum Gasteiger partial charge on any atom is 0.418 e. The average Bonchev–Trinajstić information content (AvgIpc) is 2.83. The van der Waals surface area contributed by atoms with E-state index in [0.29, 0.717) is 13.1 Å². The number of fused-ring (bicyclic) bond motifs is 1. The van der Waals surface area contributed by atoms with Crippen LogP contribution in [0.4, 0.5) is 23.7 Å². The summed E-state index contributed by atoms with van der Waals surface area (Å²) in [5.41, 5.74) is -1.01. The molecule has 23 heavy (non-hydrogen) atoms. The Hall–Kier alpha value is -1.47. The van der Waals surface area contributed by atoms with Crippen LogP contribution in [-0.4, -0.2) is 42.6 Å². The number of urea groups is 1. The fourth-order valence-electron chi connectivity index (χ4n) is 3.15. The highest BCUT2D eigenvalue weighted by molar-refractivity contribution is 6.30. The lowest BCUT2D eigenvalue weighted by Gasteiger charge is -2.34. The van der Waals surface area contributed by atoms with Crippen molar-refractivity contribution in [3.63, 3.8) is 0 Å². The molecule has 2 aliphatic heterocycles. The number of rotatable bonds is 2. The third kappa shape index (κ3) is 2.99. The van der Waals surface area contributed by atoms with Crippen molar-refractivity contribution < 1.29 is 18.0 Å². The Labute approximate surface area is 137 Å². The summed E-state index contributed by atoms with van der Waals surface area (Å²) in [6, 6.07) is 3.22. The Morgan fingerprint density at radius 2 is 2.09 bits per heavy atom. The summed E-state index contributed by atoms with van der Waals surface area (Å²) < 4.78 is 39.8. The summed E-state index contributed by atoms with van der Waals surface area (Å²) in [6.07, 6.45) is -3.70. The SMILES string of the molecule is CC[C@@H]1CN2C(=O)N(c3ccc(Cl)cc3C(F)(F)F)C[C@@H]2CN1. The quantitative estimate of drug-likeness (QED) is 0.890. The Kier molecular flexibility index (Phi) is 4.18. The summed E-state index contributed by atoms with van der Waals surface area (Å²) in [6.45, 7) is 3.37. The van der Waals surface area contributed by atoms with E-state index in [4.69, 9.17) is 11.6 Å². The number of nitrogens with one attached hydrogen (secondary N) is 1. The van der Waals surface area contributed by atoms with Crippen molar-refractivity contribution in [2.75, 3.05) is 24.5 Å². The van der Waals surface area contributed by atoms with Gasteiger partial charge in [0.25, 0.3) is 0 Å². The minimum atomic E-state index is -4.56. The number of amides is 2. The number of piperazine rings is 1. The first-order chi connectivity index (χ1) is 10.8. The van der Waals surface area contributed by atoms with Crippen LogP contribution in [0.3, 0.4) is 0 Å². The lowest BCUT2D eigenvalue weighted by molar-refractivity contribution is -0.137. The molecule has 0 aromatic heterocycles. The third-order valence-corrected chi connectivity index (χ3v) is 4.65. The molecule has 2 atom stereocenters. The maximum atomic E-state index is 13.3. The van der Waals surface area contributed by atoms with Crippen LogP contribution in [-0.2, 0) is 6.18 Å².